The topological polar surface area (TPSA) is 79.1 Å². The lowest BCUT2D eigenvalue weighted by molar-refractivity contribution is -0.138. The molecule has 1 aromatic rings. The van der Waals surface area contributed by atoms with Crippen LogP contribution in [0.15, 0.2) is 29.4 Å². The van der Waals surface area contributed by atoms with E-state index in [2.05, 4.69) is 9.99 Å². The van der Waals surface area contributed by atoms with Gasteiger partial charge in [-0.3, -0.25) is 4.79 Å². The van der Waals surface area contributed by atoms with E-state index < -0.39 is 5.97 Å². The van der Waals surface area contributed by atoms with E-state index in [1.807, 2.05) is 0 Å². The number of carbonyl (C=O) groups is 1. The number of oxime groups is 1. The number of carboxylic acid groups (broad SMARTS) is 1. The Labute approximate surface area is 86.6 Å². The first-order chi connectivity index (χ1) is 7.20. The van der Waals surface area contributed by atoms with E-state index in [0.717, 1.165) is 0 Å². The number of hydrogen-bond acceptors (Lipinski definition) is 4. The molecule has 80 valence electrons. The summed E-state index contributed by atoms with van der Waals surface area (Å²) in [5.74, 6) is -0.837. The molecular formula is C10H11NO4. The lowest BCUT2D eigenvalue weighted by atomic mass is 10.2. The summed E-state index contributed by atoms with van der Waals surface area (Å²) in [6.07, 6.45) is 1.23. The average molecular weight is 209 g/mol. The van der Waals surface area contributed by atoms with E-state index in [-0.39, 0.29) is 18.8 Å². The predicted octanol–water partition coefficient (Wildman–Crippen LogP) is 1.22. The van der Waals surface area contributed by atoms with Gasteiger partial charge in [-0.1, -0.05) is 17.3 Å². The van der Waals surface area contributed by atoms with Crippen LogP contribution in [0.25, 0.3) is 0 Å². The minimum Gasteiger partial charge on any atom is -0.507 e. The molecule has 0 heterocycles. The van der Waals surface area contributed by atoms with Crippen molar-refractivity contribution in [3.63, 3.8) is 0 Å². The number of aromatic hydroxyl groups is 1. The van der Waals surface area contributed by atoms with Gasteiger partial charge in [0.05, 0.1) is 12.6 Å². The van der Waals surface area contributed by atoms with Crippen LogP contribution >= 0.6 is 0 Å². The van der Waals surface area contributed by atoms with Gasteiger partial charge >= 0.3 is 5.97 Å². The Kier molecular flexibility index (Phi) is 4.15. The second kappa shape index (κ2) is 5.64. The van der Waals surface area contributed by atoms with Crippen molar-refractivity contribution in [3.8, 4) is 5.75 Å². The summed E-state index contributed by atoms with van der Waals surface area (Å²) in [7, 11) is 0. The fraction of sp³-hybridized carbons (Fsp3) is 0.200. The van der Waals surface area contributed by atoms with Crippen LogP contribution in [0.4, 0.5) is 0 Å². The van der Waals surface area contributed by atoms with Gasteiger partial charge in [-0.15, -0.1) is 0 Å². The molecule has 0 aliphatic carbocycles. The van der Waals surface area contributed by atoms with Crippen LogP contribution in [0.3, 0.4) is 0 Å². The Morgan fingerprint density at radius 2 is 2.20 bits per heavy atom. The predicted molar refractivity (Wildman–Crippen MR) is 53.9 cm³/mol. The summed E-state index contributed by atoms with van der Waals surface area (Å²) in [4.78, 5) is 14.8. The van der Waals surface area contributed by atoms with E-state index in [0.29, 0.717) is 5.56 Å². The van der Waals surface area contributed by atoms with Gasteiger partial charge < -0.3 is 15.1 Å². The highest BCUT2D eigenvalue weighted by atomic mass is 16.6. The van der Waals surface area contributed by atoms with Crippen LogP contribution in [-0.2, 0) is 9.63 Å². The Balaban J connectivity index is 2.38. The summed E-state index contributed by atoms with van der Waals surface area (Å²) in [6, 6.07) is 6.63. The zero-order chi connectivity index (χ0) is 11.1. The van der Waals surface area contributed by atoms with Gasteiger partial charge in [0.2, 0.25) is 0 Å². The Bertz CT molecular complexity index is 362. The van der Waals surface area contributed by atoms with Gasteiger partial charge in [-0.05, 0) is 12.1 Å². The average Bonchev–Trinajstić information content (AvgIpc) is 2.20. The molecule has 1 aromatic carbocycles. The van der Waals surface area contributed by atoms with Crippen molar-refractivity contribution >= 4 is 12.2 Å². The van der Waals surface area contributed by atoms with E-state index in [1.165, 1.54) is 12.3 Å². The SMILES string of the molecule is O=C(O)CCO/N=C/c1ccccc1O. The van der Waals surface area contributed by atoms with Crippen molar-refractivity contribution < 1.29 is 19.8 Å². The smallest absolute Gasteiger partial charge is 0.306 e. The molecular weight excluding hydrogens is 198 g/mol. The molecule has 0 saturated carbocycles. The number of rotatable bonds is 5. The maximum atomic E-state index is 10.1. The molecule has 0 radical (unpaired) electrons. The van der Waals surface area contributed by atoms with Gasteiger partial charge in [0, 0.05) is 5.56 Å². The van der Waals surface area contributed by atoms with Crippen molar-refractivity contribution in [3.05, 3.63) is 29.8 Å². The molecule has 1 rings (SSSR count). The van der Waals surface area contributed by atoms with Crippen LogP contribution in [0.2, 0.25) is 0 Å². The lowest BCUT2D eigenvalue weighted by Gasteiger charge is -1.97. The van der Waals surface area contributed by atoms with Crippen molar-refractivity contribution in [2.75, 3.05) is 6.61 Å². The van der Waals surface area contributed by atoms with E-state index in [4.69, 9.17) is 5.11 Å². The quantitative estimate of drug-likeness (QED) is 0.434. The number of carboxylic acids is 1. The molecule has 0 saturated heterocycles. The van der Waals surface area contributed by atoms with Crippen molar-refractivity contribution in [2.45, 2.75) is 6.42 Å². The number of aliphatic carboxylic acids is 1. The highest BCUT2D eigenvalue weighted by molar-refractivity contribution is 5.82. The summed E-state index contributed by atoms with van der Waals surface area (Å²) in [5, 5.41) is 21.1. The fourth-order valence-electron chi connectivity index (χ4n) is 0.876. The van der Waals surface area contributed by atoms with Gasteiger partial charge in [0.25, 0.3) is 0 Å². The number of phenolic OH excluding ortho intramolecular Hbond substituents is 1. The summed E-state index contributed by atoms with van der Waals surface area (Å²) >= 11 is 0. The minimum atomic E-state index is -0.937. The van der Waals surface area contributed by atoms with Gasteiger partial charge in [0.1, 0.15) is 12.4 Å². The van der Waals surface area contributed by atoms with Crippen molar-refractivity contribution in [1.29, 1.82) is 0 Å². The molecule has 0 aliphatic heterocycles. The summed E-state index contributed by atoms with van der Waals surface area (Å²) in [6.45, 7) is 0.0133. The molecule has 0 amide bonds. The molecule has 5 nitrogen and oxygen atoms in total. The number of nitrogens with zero attached hydrogens (tertiary/aromatic N) is 1. The second-order valence-electron chi connectivity index (χ2n) is 2.77. The third-order valence-corrected chi connectivity index (χ3v) is 1.61. The Hall–Kier alpha value is -2.04. The first kappa shape index (κ1) is 11.0. The second-order valence-corrected chi connectivity index (χ2v) is 2.77. The van der Waals surface area contributed by atoms with E-state index >= 15 is 0 Å². The van der Waals surface area contributed by atoms with Crippen LogP contribution in [-0.4, -0.2) is 29.0 Å². The Morgan fingerprint density at radius 1 is 1.47 bits per heavy atom. The van der Waals surface area contributed by atoms with Crippen LogP contribution < -0.4 is 0 Å². The molecule has 2 N–H and O–H groups in total. The molecule has 0 aliphatic rings. The molecule has 0 fully saturated rings. The molecule has 0 spiro atoms. The number of para-hydroxylation sites is 1. The van der Waals surface area contributed by atoms with Crippen LogP contribution in [0.5, 0.6) is 5.75 Å². The summed E-state index contributed by atoms with van der Waals surface area (Å²) < 4.78 is 0. The monoisotopic (exact) mass is 209 g/mol. The lowest BCUT2D eigenvalue weighted by Crippen LogP contribution is -1.99. The van der Waals surface area contributed by atoms with Crippen LogP contribution in [0, 0.1) is 0 Å². The zero-order valence-corrected chi connectivity index (χ0v) is 7.96. The fourth-order valence-corrected chi connectivity index (χ4v) is 0.876. The third-order valence-electron chi connectivity index (χ3n) is 1.61. The molecule has 15 heavy (non-hydrogen) atoms. The molecule has 0 atom stereocenters. The highest BCUT2D eigenvalue weighted by Crippen LogP contribution is 2.12. The van der Waals surface area contributed by atoms with E-state index in [1.54, 1.807) is 18.2 Å². The number of phenols is 1. The highest BCUT2D eigenvalue weighted by Gasteiger charge is 1.96. The maximum absolute atomic E-state index is 10.1. The standard InChI is InChI=1S/C10H11NO4/c12-9-4-2-1-3-8(9)7-11-15-6-5-10(13)14/h1-4,7,12H,5-6H2,(H,13,14)/b11-7+. The van der Waals surface area contributed by atoms with E-state index in [9.17, 15) is 9.90 Å². The molecule has 5 heteroatoms. The van der Waals surface area contributed by atoms with Crippen molar-refractivity contribution in [1.82, 2.24) is 0 Å². The van der Waals surface area contributed by atoms with Gasteiger partial charge in [-0.2, -0.15) is 0 Å². The largest absolute Gasteiger partial charge is 0.507 e. The minimum absolute atomic E-state index is 0.0133. The normalized spacial score (nSPS) is 10.4. The van der Waals surface area contributed by atoms with Crippen molar-refractivity contribution in [2.24, 2.45) is 5.16 Å². The first-order valence-corrected chi connectivity index (χ1v) is 4.35. The number of hydrogen-bond donors (Lipinski definition) is 2. The zero-order valence-electron chi connectivity index (χ0n) is 7.96. The van der Waals surface area contributed by atoms with Crippen LogP contribution in [0.1, 0.15) is 12.0 Å². The third kappa shape index (κ3) is 4.12. The number of benzene rings is 1. The summed E-state index contributed by atoms with van der Waals surface area (Å²) in [5.41, 5.74) is 0.521. The molecule has 0 aromatic heterocycles. The van der Waals surface area contributed by atoms with Gasteiger partial charge in [0.15, 0.2) is 0 Å². The maximum Gasteiger partial charge on any atom is 0.306 e. The Morgan fingerprint density at radius 3 is 2.87 bits per heavy atom. The molecule has 0 unspecified atom stereocenters. The van der Waals surface area contributed by atoms with Gasteiger partial charge in [-0.25, -0.2) is 0 Å². The molecule has 0 bridgehead atoms. The first-order valence-electron chi connectivity index (χ1n) is 4.35.